The SMILES string of the molecule is C(#Cc1cc(C#Cc2ccc(N(c3ccccc3)c3cccc4ccccc34)cc2)c(-c2sc(C#Cc3ccc(N(c4ccccc4)c4cccc5ccccc45)cc3)cc2C#Cc2ccc(N(c3ccccc3)c3cccc4ccccc34)cc2)s1)c1ccc(N(c2ccccc2)c2cccc3ccccc23)cc1. The van der Waals surface area contributed by atoms with E-state index in [2.05, 4.69) is 467 Å². The fourth-order valence-electron chi connectivity index (χ4n) is 14.4. The molecule has 16 aromatic carbocycles. The van der Waals surface area contributed by atoms with Crippen molar-refractivity contribution in [3.05, 3.63) is 444 Å². The molecule has 0 aliphatic rings. The van der Waals surface area contributed by atoms with E-state index in [0.717, 1.165) is 121 Å². The van der Waals surface area contributed by atoms with Crippen molar-refractivity contribution >= 4 is 134 Å². The van der Waals surface area contributed by atoms with E-state index in [-0.39, 0.29) is 0 Å². The average molecular weight is 1440 g/mol. The third kappa shape index (κ3) is 14.1. The van der Waals surface area contributed by atoms with Crippen LogP contribution in [0.25, 0.3) is 52.8 Å². The Morgan fingerprint density at radius 3 is 0.636 bits per heavy atom. The van der Waals surface area contributed by atoms with Crippen molar-refractivity contribution in [2.45, 2.75) is 0 Å². The van der Waals surface area contributed by atoms with E-state index in [9.17, 15) is 0 Å². The molecule has 18 rings (SSSR count). The summed E-state index contributed by atoms with van der Waals surface area (Å²) in [6.45, 7) is 0. The molecule has 110 heavy (non-hydrogen) atoms. The molecular weight excluding hydrogens is 1370 g/mol. The van der Waals surface area contributed by atoms with Crippen molar-refractivity contribution in [2.75, 3.05) is 19.6 Å². The Hall–Kier alpha value is -14.6. The zero-order valence-electron chi connectivity index (χ0n) is 59.7. The molecule has 0 spiro atoms. The van der Waals surface area contributed by atoms with Gasteiger partial charge in [-0.3, -0.25) is 0 Å². The smallest absolute Gasteiger partial charge is 0.0792 e. The molecule has 4 nitrogen and oxygen atoms in total. The first-order valence-corrected chi connectivity index (χ1v) is 38.3. The van der Waals surface area contributed by atoms with E-state index in [4.69, 9.17) is 0 Å². The molecule has 0 aliphatic heterocycles. The summed E-state index contributed by atoms with van der Waals surface area (Å²) in [6.07, 6.45) is 0. The fourth-order valence-corrected chi connectivity index (χ4v) is 16.5. The molecule has 0 unspecified atom stereocenters. The van der Waals surface area contributed by atoms with Crippen LogP contribution in [0.3, 0.4) is 0 Å². The Balaban J connectivity index is 0.744. The lowest BCUT2D eigenvalue weighted by atomic mass is 10.1. The van der Waals surface area contributed by atoms with Gasteiger partial charge in [-0.25, -0.2) is 0 Å². The van der Waals surface area contributed by atoms with Crippen molar-refractivity contribution in [3.8, 4) is 57.1 Å². The van der Waals surface area contributed by atoms with Gasteiger partial charge in [-0.05, 0) is 204 Å². The minimum absolute atomic E-state index is 0.849. The summed E-state index contributed by atoms with van der Waals surface area (Å²) >= 11 is 3.27. The molecule has 18 aromatic rings. The van der Waals surface area contributed by atoms with Crippen molar-refractivity contribution in [1.82, 2.24) is 0 Å². The third-order valence-electron chi connectivity index (χ3n) is 19.6. The molecule has 0 amide bonds. The van der Waals surface area contributed by atoms with Crippen LogP contribution in [0.4, 0.5) is 68.2 Å². The van der Waals surface area contributed by atoms with Gasteiger partial charge in [0.15, 0.2) is 0 Å². The predicted molar refractivity (Wildman–Crippen MR) is 466 cm³/mol. The van der Waals surface area contributed by atoms with Gasteiger partial charge in [0.25, 0.3) is 0 Å². The van der Waals surface area contributed by atoms with Gasteiger partial charge >= 0.3 is 0 Å². The summed E-state index contributed by atoms with van der Waals surface area (Å²) in [5, 5.41) is 9.39. The summed E-state index contributed by atoms with van der Waals surface area (Å²) in [4.78, 5) is 13.0. The zero-order valence-corrected chi connectivity index (χ0v) is 61.3. The van der Waals surface area contributed by atoms with Crippen LogP contribution >= 0.6 is 22.7 Å². The van der Waals surface area contributed by atoms with Crippen LogP contribution in [0.1, 0.15) is 43.1 Å². The van der Waals surface area contributed by atoms with E-state index < -0.39 is 0 Å². The predicted octanol–water partition coefficient (Wildman–Crippen LogP) is 27.6. The van der Waals surface area contributed by atoms with Gasteiger partial charge < -0.3 is 19.6 Å². The first-order chi connectivity index (χ1) is 54.5. The molecule has 0 aliphatic carbocycles. The minimum Gasteiger partial charge on any atom is -0.310 e. The molecule has 0 N–H and O–H groups in total. The van der Waals surface area contributed by atoms with Crippen LogP contribution in [0, 0.1) is 47.4 Å². The highest BCUT2D eigenvalue weighted by molar-refractivity contribution is 7.23. The van der Waals surface area contributed by atoms with Crippen molar-refractivity contribution in [2.24, 2.45) is 0 Å². The molecule has 0 saturated carbocycles. The second kappa shape index (κ2) is 30.8. The average Bonchev–Trinajstić information content (AvgIpc) is 1.70. The highest BCUT2D eigenvalue weighted by Crippen LogP contribution is 2.45. The molecular formula is C104H66N4S2. The van der Waals surface area contributed by atoms with Crippen LogP contribution in [0.5, 0.6) is 0 Å². The molecule has 6 heteroatoms. The van der Waals surface area contributed by atoms with Gasteiger partial charge in [-0.1, -0.05) is 266 Å². The second-order valence-corrected chi connectivity index (χ2v) is 28.7. The number of thiophene rings is 2. The van der Waals surface area contributed by atoms with Crippen LogP contribution in [0.15, 0.2) is 400 Å². The molecule has 0 radical (unpaired) electrons. The lowest BCUT2D eigenvalue weighted by molar-refractivity contribution is 1.30. The lowest BCUT2D eigenvalue weighted by Gasteiger charge is -2.26. The highest BCUT2D eigenvalue weighted by Gasteiger charge is 2.22. The lowest BCUT2D eigenvalue weighted by Crippen LogP contribution is -2.10. The number of fused-ring (bicyclic) bond motifs is 4. The zero-order chi connectivity index (χ0) is 73.4. The molecule has 0 bridgehead atoms. The molecule has 0 atom stereocenters. The summed E-state index contributed by atoms with van der Waals surface area (Å²) in [5.41, 5.74) is 18.0. The van der Waals surface area contributed by atoms with Gasteiger partial charge in [0.2, 0.25) is 0 Å². The van der Waals surface area contributed by atoms with E-state index in [1.165, 1.54) is 43.1 Å². The number of benzene rings is 16. The fraction of sp³-hybridized carbons (Fsp3) is 0. The van der Waals surface area contributed by atoms with E-state index >= 15 is 0 Å². The normalized spacial score (nSPS) is 10.8. The topological polar surface area (TPSA) is 13.0 Å². The maximum absolute atomic E-state index is 3.70. The maximum atomic E-state index is 3.70. The number of anilines is 12. The minimum atomic E-state index is 0.849. The molecule has 2 aromatic heterocycles. The number of para-hydroxylation sites is 4. The summed E-state index contributed by atoms with van der Waals surface area (Å²) < 4.78 is 0. The Bertz CT molecular complexity index is 6230. The van der Waals surface area contributed by atoms with Gasteiger partial charge in [0.05, 0.1) is 42.3 Å². The van der Waals surface area contributed by atoms with E-state index in [1.54, 1.807) is 22.7 Å². The Morgan fingerprint density at radius 2 is 0.382 bits per heavy atom. The van der Waals surface area contributed by atoms with Crippen LogP contribution in [0.2, 0.25) is 0 Å². The van der Waals surface area contributed by atoms with Crippen molar-refractivity contribution in [3.63, 3.8) is 0 Å². The third-order valence-corrected chi connectivity index (χ3v) is 21.9. The van der Waals surface area contributed by atoms with Crippen molar-refractivity contribution in [1.29, 1.82) is 0 Å². The van der Waals surface area contributed by atoms with Gasteiger partial charge in [0.1, 0.15) is 0 Å². The van der Waals surface area contributed by atoms with Gasteiger partial charge in [-0.15, -0.1) is 22.7 Å². The first-order valence-electron chi connectivity index (χ1n) is 36.6. The number of hydrogen-bond acceptors (Lipinski definition) is 6. The number of nitrogens with zero attached hydrogens (tertiary/aromatic N) is 4. The maximum Gasteiger partial charge on any atom is 0.0792 e. The molecule has 0 saturated heterocycles. The number of hydrogen-bond donors (Lipinski definition) is 0. The quantitative estimate of drug-likeness (QED) is 0.107. The van der Waals surface area contributed by atoms with Gasteiger partial charge in [-0.2, -0.15) is 0 Å². The molecule has 2 heterocycles. The number of rotatable bonds is 13. The Kier molecular flexibility index (Phi) is 18.9. The van der Waals surface area contributed by atoms with E-state index in [1.807, 2.05) is 0 Å². The van der Waals surface area contributed by atoms with Crippen LogP contribution < -0.4 is 19.6 Å². The summed E-state index contributed by atoms with van der Waals surface area (Å²) in [6, 6.07) is 141. The van der Waals surface area contributed by atoms with Gasteiger partial charge in [0, 0.05) is 100 Å². The Morgan fingerprint density at radius 1 is 0.173 bits per heavy atom. The molecule has 514 valence electrons. The molecule has 0 fully saturated rings. The van der Waals surface area contributed by atoms with Crippen LogP contribution in [-0.2, 0) is 0 Å². The second-order valence-electron chi connectivity index (χ2n) is 26.6. The summed E-state index contributed by atoms with van der Waals surface area (Å²) in [5.74, 6) is 29.1. The van der Waals surface area contributed by atoms with Crippen molar-refractivity contribution < 1.29 is 0 Å². The standard InChI is InChI=1S/C104H66N4S2/c1-5-33-85(34-6-1)105(99-45-21-29-79-25-13-17-41-95(79)99)89-63-51-75(52-64-89)49-61-83-73-93(71-59-77-55-67-91(68-56-77)107(87-37-9-3-10-38-87)101-47-23-31-81-27-15-19-43-97(81)101)109-103(83)104-84(62-50-76-53-65-90(66-54-76)106(86-35-7-2-8-36-86)100-46-22-30-80-26-14-18-42-96(80)100)74-94(110-104)72-60-78-57-69-92(70-58-78)108(88-39-11-4-12-40-88)102-48-24-32-82-28-16-20-44-98(82)102/h1-48,51-58,63-70,73-74H. The first kappa shape index (κ1) is 67.3. The van der Waals surface area contributed by atoms with Crippen LogP contribution in [-0.4, -0.2) is 0 Å². The largest absolute Gasteiger partial charge is 0.310 e. The monoisotopic (exact) mass is 1430 g/mol. The summed E-state index contributed by atoms with van der Waals surface area (Å²) in [7, 11) is 0. The Labute approximate surface area is 649 Å². The van der Waals surface area contributed by atoms with E-state index in [0.29, 0.717) is 0 Å². The highest BCUT2D eigenvalue weighted by atomic mass is 32.1.